The second-order valence-electron chi connectivity index (χ2n) is 4.10. The van der Waals surface area contributed by atoms with Crippen molar-refractivity contribution in [3.63, 3.8) is 0 Å². The SMILES string of the molecule is CC#C/C(=N\OCC1CCCN1)C(C)C. The molecular weight excluding hydrogens is 188 g/mol. The van der Waals surface area contributed by atoms with Crippen molar-refractivity contribution in [2.75, 3.05) is 13.2 Å². The number of rotatable bonds is 4. The second kappa shape index (κ2) is 6.47. The van der Waals surface area contributed by atoms with Crippen LogP contribution in [0, 0.1) is 17.8 Å². The van der Waals surface area contributed by atoms with Crippen molar-refractivity contribution < 1.29 is 4.84 Å². The van der Waals surface area contributed by atoms with Gasteiger partial charge in [0.1, 0.15) is 12.3 Å². The summed E-state index contributed by atoms with van der Waals surface area (Å²) >= 11 is 0. The van der Waals surface area contributed by atoms with E-state index in [1.165, 1.54) is 12.8 Å². The Morgan fingerprint density at radius 2 is 2.40 bits per heavy atom. The van der Waals surface area contributed by atoms with Crippen LogP contribution in [0.3, 0.4) is 0 Å². The van der Waals surface area contributed by atoms with Gasteiger partial charge in [-0.25, -0.2) is 0 Å². The van der Waals surface area contributed by atoms with Crippen molar-refractivity contribution in [2.45, 2.75) is 39.7 Å². The fourth-order valence-electron chi connectivity index (χ4n) is 1.50. The van der Waals surface area contributed by atoms with Gasteiger partial charge < -0.3 is 10.2 Å². The van der Waals surface area contributed by atoms with Crippen LogP contribution in [0.15, 0.2) is 5.16 Å². The van der Waals surface area contributed by atoms with E-state index in [0.717, 1.165) is 12.3 Å². The molecular formula is C12H20N2O. The molecule has 3 nitrogen and oxygen atoms in total. The van der Waals surface area contributed by atoms with Gasteiger partial charge in [-0.1, -0.05) is 24.9 Å². The van der Waals surface area contributed by atoms with Gasteiger partial charge in [0.25, 0.3) is 0 Å². The van der Waals surface area contributed by atoms with E-state index in [9.17, 15) is 0 Å². The highest BCUT2D eigenvalue weighted by molar-refractivity contribution is 6.01. The van der Waals surface area contributed by atoms with Crippen LogP contribution in [0.2, 0.25) is 0 Å². The van der Waals surface area contributed by atoms with Crippen LogP contribution in [0.1, 0.15) is 33.6 Å². The Morgan fingerprint density at radius 3 is 2.93 bits per heavy atom. The Balaban J connectivity index is 2.34. The molecule has 1 N–H and O–H groups in total. The molecule has 0 aromatic heterocycles. The third kappa shape index (κ3) is 4.35. The van der Waals surface area contributed by atoms with Gasteiger partial charge in [-0.05, 0) is 32.2 Å². The normalized spacial score (nSPS) is 21.3. The maximum atomic E-state index is 5.32. The molecule has 1 fully saturated rings. The maximum Gasteiger partial charge on any atom is 0.132 e. The molecule has 0 radical (unpaired) electrons. The zero-order chi connectivity index (χ0) is 11.1. The van der Waals surface area contributed by atoms with E-state index >= 15 is 0 Å². The molecule has 15 heavy (non-hydrogen) atoms. The van der Waals surface area contributed by atoms with Gasteiger partial charge in [0.05, 0.1) is 0 Å². The number of hydrogen-bond acceptors (Lipinski definition) is 3. The molecule has 1 unspecified atom stereocenters. The molecule has 0 saturated carbocycles. The largest absolute Gasteiger partial charge is 0.393 e. The molecule has 1 rings (SSSR count). The van der Waals surface area contributed by atoms with Crippen LogP contribution in [-0.4, -0.2) is 24.9 Å². The zero-order valence-corrected chi connectivity index (χ0v) is 9.84. The molecule has 1 heterocycles. The summed E-state index contributed by atoms with van der Waals surface area (Å²) in [6.07, 6.45) is 2.43. The number of nitrogens with one attached hydrogen (secondary N) is 1. The number of oxime groups is 1. The van der Waals surface area contributed by atoms with Crippen LogP contribution in [0.5, 0.6) is 0 Å². The van der Waals surface area contributed by atoms with E-state index in [4.69, 9.17) is 4.84 Å². The first kappa shape index (κ1) is 12.1. The maximum absolute atomic E-state index is 5.32. The predicted octanol–water partition coefficient (Wildman–Crippen LogP) is 1.79. The van der Waals surface area contributed by atoms with Gasteiger partial charge in [0, 0.05) is 12.0 Å². The van der Waals surface area contributed by atoms with Crippen LogP contribution >= 0.6 is 0 Å². The lowest BCUT2D eigenvalue weighted by molar-refractivity contribution is 0.124. The molecule has 3 heteroatoms. The van der Waals surface area contributed by atoms with Crippen molar-refractivity contribution >= 4 is 5.71 Å². The minimum atomic E-state index is 0.328. The highest BCUT2D eigenvalue weighted by Gasteiger charge is 2.14. The monoisotopic (exact) mass is 208 g/mol. The van der Waals surface area contributed by atoms with Crippen molar-refractivity contribution in [1.29, 1.82) is 0 Å². The smallest absolute Gasteiger partial charge is 0.132 e. The lowest BCUT2D eigenvalue weighted by Gasteiger charge is -2.09. The fraction of sp³-hybridized carbons (Fsp3) is 0.750. The minimum absolute atomic E-state index is 0.328. The average molecular weight is 208 g/mol. The summed E-state index contributed by atoms with van der Waals surface area (Å²) in [5.74, 6) is 6.14. The molecule has 0 bridgehead atoms. The summed E-state index contributed by atoms with van der Waals surface area (Å²) in [6, 6.07) is 0.469. The van der Waals surface area contributed by atoms with E-state index < -0.39 is 0 Å². The van der Waals surface area contributed by atoms with E-state index in [2.05, 4.69) is 36.2 Å². The molecule has 1 atom stereocenters. The molecule has 1 aliphatic heterocycles. The Hall–Kier alpha value is -1.01. The van der Waals surface area contributed by atoms with E-state index in [1.807, 2.05) is 6.92 Å². The van der Waals surface area contributed by atoms with E-state index in [-0.39, 0.29) is 0 Å². The summed E-state index contributed by atoms with van der Waals surface area (Å²) in [7, 11) is 0. The highest BCUT2D eigenvalue weighted by Crippen LogP contribution is 2.05. The first-order valence-corrected chi connectivity index (χ1v) is 5.60. The Labute approximate surface area is 92.3 Å². The van der Waals surface area contributed by atoms with Crippen LogP contribution in [0.25, 0.3) is 0 Å². The van der Waals surface area contributed by atoms with Gasteiger partial charge in [0.15, 0.2) is 0 Å². The molecule has 0 amide bonds. The Bertz CT molecular complexity index is 267. The standard InChI is InChI=1S/C12H20N2O/c1-4-6-12(10(2)3)14-15-9-11-7-5-8-13-11/h10-11,13H,5,7-9H2,1-3H3/b14-12+. The third-order valence-electron chi connectivity index (χ3n) is 2.40. The number of nitrogens with zero attached hydrogens (tertiary/aromatic N) is 1. The predicted molar refractivity (Wildman–Crippen MR) is 62.7 cm³/mol. The summed E-state index contributed by atoms with van der Waals surface area (Å²) in [5, 5.41) is 7.44. The van der Waals surface area contributed by atoms with Gasteiger partial charge >= 0.3 is 0 Å². The van der Waals surface area contributed by atoms with Crippen LogP contribution in [0.4, 0.5) is 0 Å². The molecule has 1 aliphatic rings. The topological polar surface area (TPSA) is 33.6 Å². The molecule has 0 aromatic carbocycles. The second-order valence-corrected chi connectivity index (χ2v) is 4.10. The van der Waals surface area contributed by atoms with Gasteiger partial charge in [-0.2, -0.15) is 0 Å². The molecule has 1 saturated heterocycles. The van der Waals surface area contributed by atoms with Crippen molar-refractivity contribution in [2.24, 2.45) is 11.1 Å². The van der Waals surface area contributed by atoms with Gasteiger partial charge in [-0.15, -0.1) is 0 Å². The van der Waals surface area contributed by atoms with Gasteiger partial charge in [-0.3, -0.25) is 0 Å². The average Bonchev–Trinajstić information content (AvgIpc) is 2.69. The summed E-state index contributed by atoms with van der Waals surface area (Å²) < 4.78 is 0. The molecule has 0 aromatic rings. The first-order chi connectivity index (χ1) is 7.24. The lowest BCUT2D eigenvalue weighted by atomic mass is 10.1. The Morgan fingerprint density at radius 1 is 1.60 bits per heavy atom. The summed E-state index contributed by atoms with van der Waals surface area (Å²) in [4.78, 5) is 5.32. The molecule has 84 valence electrons. The third-order valence-corrected chi connectivity index (χ3v) is 2.40. The van der Waals surface area contributed by atoms with Crippen molar-refractivity contribution in [3.05, 3.63) is 0 Å². The van der Waals surface area contributed by atoms with Crippen LogP contribution < -0.4 is 5.32 Å². The molecule has 0 aliphatic carbocycles. The van der Waals surface area contributed by atoms with E-state index in [0.29, 0.717) is 18.6 Å². The minimum Gasteiger partial charge on any atom is -0.393 e. The summed E-state index contributed by atoms with van der Waals surface area (Å²) in [6.45, 7) is 7.71. The first-order valence-electron chi connectivity index (χ1n) is 5.60. The zero-order valence-electron chi connectivity index (χ0n) is 9.84. The van der Waals surface area contributed by atoms with Gasteiger partial charge in [0.2, 0.25) is 0 Å². The highest BCUT2D eigenvalue weighted by atomic mass is 16.6. The number of hydrogen-bond donors (Lipinski definition) is 1. The van der Waals surface area contributed by atoms with Crippen molar-refractivity contribution in [3.8, 4) is 11.8 Å². The van der Waals surface area contributed by atoms with Crippen molar-refractivity contribution in [1.82, 2.24) is 5.32 Å². The fourth-order valence-corrected chi connectivity index (χ4v) is 1.50. The molecule has 0 spiro atoms. The quantitative estimate of drug-likeness (QED) is 0.434. The van der Waals surface area contributed by atoms with Crippen LogP contribution in [-0.2, 0) is 4.84 Å². The Kier molecular flexibility index (Phi) is 5.20. The van der Waals surface area contributed by atoms with E-state index in [1.54, 1.807) is 0 Å². The summed E-state index contributed by atoms with van der Waals surface area (Å²) in [5.41, 5.74) is 0.829. The lowest BCUT2D eigenvalue weighted by Crippen LogP contribution is -2.26.